The second kappa shape index (κ2) is 13.2. The Morgan fingerprint density at radius 2 is 1.66 bits per heavy atom. The predicted octanol–water partition coefficient (Wildman–Crippen LogP) is 8.34. The van der Waals surface area contributed by atoms with Gasteiger partial charge >= 0.3 is 12.1 Å². The maximum absolute atomic E-state index is 13.3. The zero-order valence-corrected chi connectivity index (χ0v) is 23.5. The number of allylic oxidation sites excluding steroid dienone is 1. The number of carboxylic acid groups (broad SMARTS) is 1. The molecule has 0 saturated carbocycles. The van der Waals surface area contributed by atoms with Crippen molar-refractivity contribution in [1.29, 1.82) is 0 Å². The Labute approximate surface area is 244 Å². The molecule has 1 heterocycles. The van der Waals surface area contributed by atoms with E-state index in [1.165, 1.54) is 17.7 Å². The summed E-state index contributed by atoms with van der Waals surface area (Å²) in [6.07, 6.45) is 0.311. The van der Waals surface area contributed by atoms with Crippen LogP contribution in [0.15, 0.2) is 66.7 Å². The van der Waals surface area contributed by atoms with Crippen molar-refractivity contribution in [2.24, 2.45) is 5.92 Å². The van der Waals surface area contributed by atoms with Crippen LogP contribution in [-0.4, -0.2) is 42.3 Å². The molecule has 3 aromatic carbocycles. The maximum atomic E-state index is 13.3. The first-order valence-corrected chi connectivity index (χ1v) is 13.9. The van der Waals surface area contributed by atoms with Crippen molar-refractivity contribution in [3.05, 3.63) is 106 Å². The highest BCUT2D eigenvalue weighted by Gasteiger charge is 2.30. The molecule has 1 aliphatic carbocycles. The highest BCUT2D eigenvalue weighted by molar-refractivity contribution is 6.00. The highest BCUT2D eigenvalue weighted by Crippen LogP contribution is 2.41. The molecule has 1 atom stereocenters. The molecular formula is C33H34ClF4NO2. The maximum Gasteiger partial charge on any atom is 0.416 e. The molecule has 0 amide bonds. The van der Waals surface area contributed by atoms with Crippen LogP contribution in [-0.2, 0) is 19.0 Å². The van der Waals surface area contributed by atoms with Gasteiger partial charge in [0.05, 0.1) is 17.8 Å². The zero-order valence-electron chi connectivity index (χ0n) is 22.7. The summed E-state index contributed by atoms with van der Waals surface area (Å²) < 4.78 is 52.3. The van der Waals surface area contributed by atoms with Gasteiger partial charge in [-0.25, -0.2) is 4.79 Å². The lowest BCUT2D eigenvalue weighted by Gasteiger charge is -2.18. The second-order valence-electron chi connectivity index (χ2n) is 10.9. The van der Waals surface area contributed by atoms with E-state index < -0.39 is 17.7 Å². The van der Waals surface area contributed by atoms with Crippen LogP contribution in [0.5, 0.6) is 0 Å². The summed E-state index contributed by atoms with van der Waals surface area (Å²) in [5, 5.41) is 9.54. The first-order valence-electron chi connectivity index (χ1n) is 13.9. The summed E-state index contributed by atoms with van der Waals surface area (Å²) >= 11 is 0. The molecule has 0 radical (unpaired) electrons. The Hall–Kier alpha value is -3.16. The molecule has 218 valence electrons. The van der Waals surface area contributed by atoms with Crippen molar-refractivity contribution < 1.29 is 27.5 Å². The fraction of sp³-hybridized carbons (Fsp3) is 0.364. The lowest BCUT2D eigenvalue weighted by Crippen LogP contribution is -2.22. The molecule has 3 aromatic rings. The fourth-order valence-electron chi connectivity index (χ4n) is 6.11. The van der Waals surface area contributed by atoms with Crippen molar-refractivity contribution in [3.8, 4) is 0 Å². The molecule has 8 heteroatoms. The topological polar surface area (TPSA) is 40.5 Å². The van der Waals surface area contributed by atoms with Gasteiger partial charge in [-0.15, -0.1) is 12.4 Å². The number of hydrogen-bond acceptors (Lipinski definition) is 2. The van der Waals surface area contributed by atoms with E-state index in [-0.39, 0.29) is 24.6 Å². The molecule has 1 N–H and O–H groups in total. The van der Waals surface area contributed by atoms with Gasteiger partial charge in [0, 0.05) is 13.1 Å². The average Bonchev–Trinajstić information content (AvgIpc) is 3.29. The summed E-state index contributed by atoms with van der Waals surface area (Å²) in [5.41, 5.74) is 6.21. The Balaban J connectivity index is 0.00000387. The highest BCUT2D eigenvalue weighted by atomic mass is 35.5. The van der Waals surface area contributed by atoms with Crippen LogP contribution in [0.3, 0.4) is 0 Å². The SMILES string of the molecule is Cl.O=C(O)c1ccc2c(c1)CCCC(c1ccc(C(F)(F)F)cc1)=C2c1ccc(CC2CCN(CCCF)C2)cc1. The van der Waals surface area contributed by atoms with Crippen LogP contribution in [0.1, 0.15) is 69.4 Å². The average molecular weight is 588 g/mol. The number of carboxylic acids is 1. The molecule has 3 nitrogen and oxygen atoms in total. The molecule has 0 bridgehead atoms. The Morgan fingerprint density at radius 3 is 2.32 bits per heavy atom. The van der Waals surface area contributed by atoms with Gasteiger partial charge in [-0.1, -0.05) is 42.5 Å². The van der Waals surface area contributed by atoms with E-state index in [2.05, 4.69) is 29.2 Å². The number of halogens is 5. The molecule has 1 fully saturated rings. The largest absolute Gasteiger partial charge is 0.478 e. The van der Waals surface area contributed by atoms with Crippen LogP contribution in [0.4, 0.5) is 17.6 Å². The molecule has 41 heavy (non-hydrogen) atoms. The van der Waals surface area contributed by atoms with Gasteiger partial charge in [0.15, 0.2) is 0 Å². The van der Waals surface area contributed by atoms with Gasteiger partial charge in [-0.2, -0.15) is 13.2 Å². The van der Waals surface area contributed by atoms with E-state index in [0.717, 1.165) is 84.4 Å². The van der Waals surface area contributed by atoms with Gasteiger partial charge in [-0.05, 0) is 114 Å². The van der Waals surface area contributed by atoms with Crippen LogP contribution in [0, 0.1) is 5.92 Å². The minimum absolute atomic E-state index is 0. The third-order valence-corrected chi connectivity index (χ3v) is 8.10. The van der Waals surface area contributed by atoms with Crippen LogP contribution >= 0.6 is 12.4 Å². The number of carbonyl (C=O) groups is 1. The van der Waals surface area contributed by atoms with Gasteiger partial charge in [0.1, 0.15) is 0 Å². The standard InChI is InChI=1S/C33H33F4NO2.ClH/c34-16-2-17-38-18-15-23(21-38)19-22-5-7-25(8-6-22)31-29(24-9-12-28(13-10-24)33(35,36)37)4-1-3-26-20-27(32(39)40)11-14-30(26)31;/h5-14,20,23H,1-4,15-19,21H2,(H,39,40);1H. The second-order valence-corrected chi connectivity index (χ2v) is 10.9. The number of hydrogen-bond donors (Lipinski definition) is 1. The van der Waals surface area contributed by atoms with E-state index in [1.807, 2.05) is 6.07 Å². The van der Waals surface area contributed by atoms with E-state index in [9.17, 15) is 27.5 Å². The van der Waals surface area contributed by atoms with Gasteiger partial charge < -0.3 is 10.0 Å². The van der Waals surface area contributed by atoms with Gasteiger partial charge in [-0.3, -0.25) is 4.39 Å². The third-order valence-electron chi connectivity index (χ3n) is 8.10. The molecular weight excluding hydrogens is 554 g/mol. The lowest BCUT2D eigenvalue weighted by molar-refractivity contribution is -0.137. The first kappa shape index (κ1) is 30.8. The number of rotatable bonds is 8. The third kappa shape index (κ3) is 7.19. The van der Waals surface area contributed by atoms with Crippen LogP contribution in [0.2, 0.25) is 0 Å². The Bertz CT molecular complexity index is 1380. The van der Waals surface area contributed by atoms with Crippen molar-refractivity contribution in [1.82, 2.24) is 4.90 Å². The molecule has 2 aliphatic rings. The molecule has 1 unspecified atom stereocenters. The molecule has 1 saturated heterocycles. The predicted molar refractivity (Wildman–Crippen MR) is 156 cm³/mol. The van der Waals surface area contributed by atoms with E-state index in [4.69, 9.17) is 0 Å². The Morgan fingerprint density at radius 1 is 0.951 bits per heavy atom. The quantitative estimate of drug-likeness (QED) is 0.269. The summed E-state index contributed by atoms with van der Waals surface area (Å²) in [6, 6.07) is 18.9. The number of likely N-dealkylation sites (tertiary alicyclic amines) is 1. The van der Waals surface area contributed by atoms with Gasteiger partial charge in [0.25, 0.3) is 0 Å². The number of benzene rings is 3. The molecule has 0 aromatic heterocycles. The number of aryl methyl sites for hydroxylation is 1. The molecule has 5 rings (SSSR count). The minimum Gasteiger partial charge on any atom is -0.478 e. The van der Waals surface area contributed by atoms with Crippen molar-refractivity contribution in [2.75, 3.05) is 26.3 Å². The minimum atomic E-state index is -4.40. The summed E-state index contributed by atoms with van der Waals surface area (Å²) in [5.74, 6) is -0.458. The van der Waals surface area contributed by atoms with Gasteiger partial charge in [0.2, 0.25) is 0 Å². The summed E-state index contributed by atoms with van der Waals surface area (Å²) in [4.78, 5) is 14.0. The summed E-state index contributed by atoms with van der Waals surface area (Å²) in [7, 11) is 0. The van der Waals surface area contributed by atoms with E-state index >= 15 is 0 Å². The van der Waals surface area contributed by atoms with Crippen LogP contribution < -0.4 is 0 Å². The Kier molecular flexibility index (Phi) is 9.92. The van der Waals surface area contributed by atoms with Crippen molar-refractivity contribution >= 4 is 29.5 Å². The summed E-state index contributed by atoms with van der Waals surface area (Å²) in [6.45, 7) is 2.50. The number of alkyl halides is 4. The first-order chi connectivity index (χ1) is 19.2. The van der Waals surface area contributed by atoms with Crippen LogP contribution in [0.25, 0.3) is 11.1 Å². The normalized spacial score (nSPS) is 17.6. The van der Waals surface area contributed by atoms with Crippen molar-refractivity contribution in [3.63, 3.8) is 0 Å². The number of fused-ring (bicyclic) bond motifs is 1. The number of nitrogens with zero attached hydrogens (tertiary/aromatic N) is 1. The van der Waals surface area contributed by atoms with E-state index in [0.29, 0.717) is 25.2 Å². The number of aromatic carboxylic acids is 1. The lowest BCUT2D eigenvalue weighted by atomic mass is 9.86. The van der Waals surface area contributed by atoms with Crippen molar-refractivity contribution in [2.45, 2.75) is 44.7 Å². The van der Waals surface area contributed by atoms with E-state index in [1.54, 1.807) is 12.1 Å². The zero-order chi connectivity index (χ0) is 28.3. The smallest absolute Gasteiger partial charge is 0.416 e. The molecule has 0 spiro atoms. The molecule has 1 aliphatic heterocycles. The fourth-order valence-corrected chi connectivity index (χ4v) is 6.11. The monoisotopic (exact) mass is 587 g/mol.